The van der Waals surface area contributed by atoms with E-state index in [2.05, 4.69) is 56.2 Å². The van der Waals surface area contributed by atoms with E-state index in [0.717, 1.165) is 60.7 Å². The lowest BCUT2D eigenvalue weighted by Gasteiger charge is -2.34. The standard InChI is InChI=1S/C82H141N9O29.C2HF3O2/c1-4-5-6-74-85-79-80(82(120-71(2)3)87-86-81(79)83)91(74)70-73-9-7-72(8-10-73)69-88-17-19-89(20-18-88)76(93)14-21-96-23-25-98-27-29-100-31-33-102-35-37-104-39-41-106-43-45-108-47-49-110-51-53-112-55-57-114-59-61-116-63-65-118-67-68-119-66-64-117-62-60-115-58-56-113-54-52-111-50-48-109-46-44-107-42-40-105-38-36-103-34-32-101-30-28-99-26-24-97-22-15-84-75(92)13-16-90-77(94)11-12-78(90)95;3-2(4,5)1(6)7/h7-12,71H,4-6,13-70H2,1-3H3,(H2,83,86)(H,84,92);(H,6,7). The lowest BCUT2D eigenvalue weighted by Crippen LogP contribution is -2.48. The number of nitrogen functional groups attached to an aromatic ring is 1. The molecule has 1 fully saturated rings. The van der Waals surface area contributed by atoms with Crippen molar-refractivity contribution in [3.05, 3.63) is 53.4 Å². The van der Waals surface area contributed by atoms with Crippen LogP contribution in [0.3, 0.4) is 0 Å². The molecule has 40 nitrogen and oxygen atoms in total. The smallest absolute Gasteiger partial charge is 0.475 e. The molecule has 730 valence electrons. The van der Waals surface area contributed by atoms with Crippen LogP contribution in [0.2, 0.25) is 0 Å². The van der Waals surface area contributed by atoms with Crippen molar-refractivity contribution in [1.29, 1.82) is 0 Å². The minimum Gasteiger partial charge on any atom is -0.475 e. The molecular weight excluding hydrogens is 1690 g/mol. The molecule has 2 aliphatic heterocycles. The maximum absolute atomic E-state index is 12.9. The SMILES string of the molecule is CCCCc1nc2c(N)nnc(OC(C)C)c2n1Cc1ccc(CN2CCN(C(=O)CCOCCOCCOCCOCCOCCOCCOCCOCCOCCOCCOCCOCCOCCOCCOCCOCCOCCOCCOCCOCCOCCOCCOCCOCCNC(=O)CCN3C(=O)C=CC3=O)CC2)cc1.O=C(O)C(F)(F)F. The number of piperazine rings is 1. The normalized spacial score (nSPS) is 13.2. The molecule has 4 amide bonds. The van der Waals surface area contributed by atoms with Gasteiger partial charge in [0.15, 0.2) is 5.82 Å². The zero-order valence-electron chi connectivity index (χ0n) is 74.7. The zero-order valence-corrected chi connectivity index (χ0v) is 74.7. The highest BCUT2D eigenvalue weighted by Gasteiger charge is 2.38. The number of imidazole rings is 1. The van der Waals surface area contributed by atoms with E-state index in [0.29, 0.717) is 367 Å². The summed E-state index contributed by atoms with van der Waals surface area (Å²) >= 11 is 0. The number of carbonyl (C=O) groups excluding carboxylic acids is 4. The molecule has 2 aliphatic rings. The van der Waals surface area contributed by atoms with Gasteiger partial charge < -0.3 is 144 Å². The van der Waals surface area contributed by atoms with E-state index in [1.807, 2.05) is 18.7 Å². The minimum absolute atomic E-state index is 0.0424. The number of nitrogens with one attached hydrogen (secondary N) is 1. The third-order valence-electron chi connectivity index (χ3n) is 17.6. The van der Waals surface area contributed by atoms with Crippen molar-refractivity contribution in [2.75, 3.05) is 362 Å². The number of unbranched alkanes of at least 4 members (excludes halogenated alkanes) is 1. The molecular formula is C84H142F3N9O31. The molecule has 0 aliphatic carbocycles. The fourth-order valence-electron chi connectivity index (χ4n) is 11.1. The second-order valence-electron chi connectivity index (χ2n) is 28.0. The molecule has 5 rings (SSSR count). The van der Waals surface area contributed by atoms with E-state index in [9.17, 15) is 32.3 Å². The number of alkyl halides is 3. The van der Waals surface area contributed by atoms with E-state index in [1.165, 1.54) is 17.7 Å². The third kappa shape index (κ3) is 60.9. The van der Waals surface area contributed by atoms with Crippen LogP contribution < -0.4 is 15.8 Å². The van der Waals surface area contributed by atoms with Crippen LogP contribution in [0.4, 0.5) is 19.0 Å². The summed E-state index contributed by atoms with van der Waals surface area (Å²) in [5, 5.41) is 18.2. The predicted molar refractivity (Wildman–Crippen MR) is 453 cm³/mol. The fourth-order valence-corrected chi connectivity index (χ4v) is 11.1. The van der Waals surface area contributed by atoms with E-state index < -0.39 is 24.0 Å². The van der Waals surface area contributed by atoms with E-state index in [-0.39, 0.29) is 30.9 Å². The van der Waals surface area contributed by atoms with Gasteiger partial charge in [-0.25, -0.2) is 9.78 Å². The lowest BCUT2D eigenvalue weighted by molar-refractivity contribution is -0.192. The number of anilines is 1. The van der Waals surface area contributed by atoms with Gasteiger partial charge in [-0.3, -0.25) is 29.0 Å². The molecule has 127 heavy (non-hydrogen) atoms. The van der Waals surface area contributed by atoms with Gasteiger partial charge in [-0.05, 0) is 31.4 Å². The summed E-state index contributed by atoms with van der Waals surface area (Å²) in [6, 6.07) is 8.70. The van der Waals surface area contributed by atoms with Crippen LogP contribution in [0.5, 0.6) is 5.88 Å². The topological polar surface area (TPSA) is 428 Å². The summed E-state index contributed by atoms with van der Waals surface area (Å²) in [7, 11) is 0. The highest BCUT2D eigenvalue weighted by molar-refractivity contribution is 6.13. The highest BCUT2D eigenvalue weighted by atomic mass is 19.4. The molecule has 1 saturated heterocycles. The van der Waals surface area contributed by atoms with Gasteiger partial charge in [-0.15, -0.1) is 10.2 Å². The van der Waals surface area contributed by atoms with Crippen LogP contribution in [0.1, 0.15) is 63.4 Å². The van der Waals surface area contributed by atoms with Gasteiger partial charge in [0, 0.05) is 77.4 Å². The Labute approximate surface area is 743 Å². The number of aromatic nitrogens is 4. The summed E-state index contributed by atoms with van der Waals surface area (Å²) in [5.41, 5.74) is 10.0. The molecule has 0 saturated carbocycles. The number of carbonyl (C=O) groups is 5. The number of hydrogen-bond donors (Lipinski definition) is 3. The molecule has 0 atom stereocenters. The van der Waals surface area contributed by atoms with Crippen LogP contribution in [0, 0.1) is 0 Å². The number of imide groups is 1. The molecule has 3 aromatic rings. The fraction of sp³-hybridized carbons (Fsp3) is 0.786. The second kappa shape index (κ2) is 78.1. The van der Waals surface area contributed by atoms with Crippen molar-refractivity contribution in [1.82, 2.24) is 39.8 Å². The van der Waals surface area contributed by atoms with Gasteiger partial charge >= 0.3 is 12.1 Å². The summed E-state index contributed by atoms with van der Waals surface area (Å²) < 4.78 is 173. The summed E-state index contributed by atoms with van der Waals surface area (Å²) in [6.07, 6.45) is 0.500. The monoisotopic (exact) mass is 1830 g/mol. The number of carboxylic acid groups (broad SMARTS) is 1. The Morgan fingerprint density at radius 1 is 0.433 bits per heavy atom. The number of hydrogen-bond acceptors (Lipinski definition) is 35. The van der Waals surface area contributed by atoms with Gasteiger partial charge in [0.1, 0.15) is 16.9 Å². The number of nitrogens with two attached hydrogens (primary N) is 1. The lowest BCUT2D eigenvalue weighted by atomic mass is 10.1. The average molecular weight is 1830 g/mol. The number of nitrogens with zero attached hydrogens (tertiary/aromatic N) is 7. The molecule has 4 heterocycles. The number of carboxylic acids is 1. The van der Waals surface area contributed by atoms with E-state index in [4.69, 9.17) is 139 Å². The quantitative estimate of drug-likeness (QED) is 0.0540. The van der Waals surface area contributed by atoms with Crippen LogP contribution in [-0.2, 0) is 157 Å². The van der Waals surface area contributed by atoms with Gasteiger partial charge in [0.25, 0.3) is 17.7 Å². The Hall–Kier alpha value is -6.55. The number of fused-ring (bicyclic) bond motifs is 1. The van der Waals surface area contributed by atoms with Crippen molar-refractivity contribution in [2.24, 2.45) is 0 Å². The second-order valence-corrected chi connectivity index (χ2v) is 28.0. The molecule has 0 spiro atoms. The first kappa shape index (κ1) is 113. The van der Waals surface area contributed by atoms with Crippen molar-refractivity contribution < 1.29 is 161 Å². The minimum atomic E-state index is -5.08. The zero-order chi connectivity index (χ0) is 91.2. The Bertz CT molecular complexity index is 3210. The molecule has 4 N–H and O–H groups in total. The van der Waals surface area contributed by atoms with Gasteiger partial charge in [0.2, 0.25) is 11.8 Å². The molecule has 0 bridgehead atoms. The van der Waals surface area contributed by atoms with E-state index >= 15 is 0 Å². The summed E-state index contributed by atoms with van der Waals surface area (Å²) in [6.45, 7) is 32.7. The highest BCUT2D eigenvalue weighted by Crippen LogP contribution is 2.30. The summed E-state index contributed by atoms with van der Waals surface area (Å²) in [4.78, 5) is 67.0. The van der Waals surface area contributed by atoms with Crippen molar-refractivity contribution in [3.63, 3.8) is 0 Å². The Morgan fingerprint density at radius 2 is 0.724 bits per heavy atom. The molecule has 43 heteroatoms. The number of aryl methyl sites for hydroxylation is 1. The first-order chi connectivity index (χ1) is 62.1. The van der Waals surface area contributed by atoms with Crippen molar-refractivity contribution in [2.45, 2.75) is 78.2 Å². The Balaban J connectivity index is 0.00000462. The molecule has 0 radical (unpaired) electrons. The molecule has 2 aromatic heterocycles. The number of amides is 4. The maximum atomic E-state index is 12.9. The molecule has 0 unspecified atom stereocenters. The maximum Gasteiger partial charge on any atom is 0.490 e. The number of ether oxygens (including phenoxy) is 25. The van der Waals surface area contributed by atoms with Crippen LogP contribution in [0.15, 0.2) is 36.4 Å². The average Bonchev–Trinajstić information content (AvgIpc) is 1.62. The summed E-state index contributed by atoms with van der Waals surface area (Å²) in [5.74, 6) is -2.02. The number of rotatable bonds is 87. The number of aliphatic carboxylic acids is 1. The molecule has 1 aromatic carbocycles. The van der Waals surface area contributed by atoms with Crippen molar-refractivity contribution >= 4 is 46.4 Å². The largest absolute Gasteiger partial charge is 0.490 e. The van der Waals surface area contributed by atoms with Gasteiger partial charge in [0.05, 0.1) is 330 Å². The Morgan fingerprint density at radius 3 is 1.02 bits per heavy atom. The first-order valence-electron chi connectivity index (χ1n) is 43.8. The first-order valence-corrected chi connectivity index (χ1v) is 43.8. The van der Waals surface area contributed by atoms with Gasteiger partial charge in [-0.1, -0.05) is 37.6 Å². The van der Waals surface area contributed by atoms with E-state index in [1.54, 1.807) is 0 Å². The third-order valence-corrected chi connectivity index (χ3v) is 17.6. The van der Waals surface area contributed by atoms with Crippen LogP contribution in [0.25, 0.3) is 11.0 Å². The van der Waals surface area contributed by atoms with Crippen LogP contribution >= 0.6 is 0 Å². The Kier molecular flexibility index (Phi) is 69.4. The van der Waals surface area contributed by atoms with Crippen LogP contribution in [-0.4, -0.2) is 438 Å². The van der Waals surface area contributed by atoms with Gasteiger partial charge in [-0.2, -0.15) is 13.2 Å². The van der Waals surface area contributed by atoms with Crippen molar-refractivity contribution in [3.8, 4) is 5.88 Å². The predicted octanol–water partition coefficient (Wildman–Crippen LogP) is 3.08. The number of benzene rings is 1. The number of halogens is 3.